The predicted octanol–water partition coefficient (Wildman–Crippen LogP) is 5.31. The van der Waals surface area contributed by atoms with Gasteiger partial charge in [0.2, 0.25) is 0 Å². The molecule has 156 valence electrons. The van der Waals surface area contributed by atoms with E-state index in [4.69, 9.17) is 0 Å². The number of thioether (sulfide) groups is 1. The Hall–Kier alpha value is -2.02. The van der Waals surface area contributed by atoms with Crippen molar-refractivity contribution in [2.75, 3.05) is 5.32 Å². The zero-order chi connectivity index (χ0) is 20.1. The highest BCUT2D eigenvalue weighted by atomic mass is 32.2. The first-order valence-electron chi connectivity index (χ1n) is 11.0. The second-order valence-electron chi connectivity index (χ2n) is 8.02. The number of carbonyl (C=O) groups excluding carboxylic acids is 1. The summed E-state index contributed by atoms with van der Waals surface area (Å²) in [7, 11) is 0. The Balaban J connectivity index is 1.43. The Bertz CT molecular complexity index is 830. The highest BCUT2D eigenvalue weighted by Gasteiger charge is 2.23. The predicted molar refractivity (Wildman–Crippen MR) is 117 cm³/mol. The number of aryl methyl sites for hydroxylation is 1. The van der Waals surface area contributed by atoms with Crippen molar-refractivity contribution in [2.45, 2.75) is 87.4 Å². The van der Waals surface area contributed by atoms with Crippen molar-refractivity contribution in [1.29, 1.82) is 0 Å². The number of fused-ring (bicyclic) bond motifs is 1. The van der Waals surface area contributed by atoms with Crippen LogP contribution in [0.2, 0.25) is 0 Å². The van der Waals surface area contributed by atoms with E-state index in [2.05, 4.69) is 38.4 Å². The van der Waals surface area contributed by atoms with Crippen molar-refractivity contribution in [3.63, 3.8) is 0 Å². The van der Waals surface area contributed by atoms with Crippen molar-refractivity contribution in [3.8, 4) is 0 Å². The number of aromatic nitrogens is 3. The number of amides is 2. The first-order valence-corrected chi connectivity index (χ1v) is 11.9. The minimum Gasteiger partial charge on any atom is -0.328 e. The van der Waals surface area contributed by atoms with Crippen molar-refractivity contribution >= 4 is 23.5 Å². The minimum atomic E-state index is -0.178. The first kappa shape index (κ1) is 20.3. The van der Waals surface area contributed by atoms with Gasteiger partial charge < -0.3 is 15.2 Å². The molecule has 2 heterocycles. The van der Waals surface area contributed by atoms with Gasteiger partial charge in [0.1, 0.15) is 5.82 Å². The van der Waals surface area contributed by atoms with Gasteiger partial charge in [0.15, 0.2) is 5.82 Å². The lowest BCUT2D eigenvalue weighted by Gasteiger charge is -2.19. The van der Waals surface area contributed by atoms with Gasteiger partial charge in [-0.05, 0) is 44.2 Å². The maximum absolute atomic E-state index is 12.8. The standard InChI is InChI=1S/C22H31N5OS/c1-2-17(21-26-25-20-14-4-3-9-15-27(20)21)23-22(28)24-18-12-7-8-13-19(18)29-16-10-5-6-11-16/h7-8,12-13,16-17H,2-6,9-11,14-15H2,1H3,(H2,23,24,28). The molecule has 0 saturated heterocycles. The lowest BCUT2D eigenvalue weighted by atomic mass is 10.2. The van der Waals surface area contributed by atoms with Gasteiger partial charge in [-0.3, -0.25) is 0 Å². The smallest absolute Gasteiger partial charge is 0.319 e. The number of hydrogen-bond donors (Lipinski definition) is 2. The lowest BCUT2D eigenvalue weighted by Crippen LogP contribution is -2.34. The number of carbonyl (C=O) groups is 1. The highest BCUT2D eigenvalue weighted by Crippen LogP contribution is 2.38. The molecular weight excluding hydrogens is 382 g/mol. The molecule has 1 aromatic carbocycles. The van der Waals surface area contributed by atoms with Crippen LogP contribution in [-0.2, 0) is 13.0 Å². The zero-order valence-corrected chi connectivity index (χ0v) is 18.0. The fourth-order valence-corrected chi connectivity index (χ4v) is 5.62. The molecule has 29 heavy (non-hydrogen) atoms. The molecule has 2 aromatic rings. The highest BCUT2D eigenvalue weighted by molar-refractivity contribution is 8.00. The maximum atomic E-state index is 12.8. The number of urea groups is 1. The van der Waals surface area contributed by atoms with Crippen molar-refractivity contribution < 1.29 is 4.79 Å². The monoisotopic (exact) mass is 413 g/mol. The molecule has 2 N–H and O–H groups in total. The number of benzene rings is 1. The molecule has 1 unspecified atom stereocenters. The van der Waals surface area contributed by atoms with Crippen LogP contribution in [0.5, 0.6) is 0 Å². The number of nitrogens with zero attached hydrogens (tertiary/aromatic N) is 3. The summed E-state index contributed by atoms with van der Waals surface area (Å²) in [6.07, 6.45) is 10.4. The van der Waals surface area contributed by atoms with Crippen LogP contribution >= 0.6 is 11.8 Å². The molecule has 2 aliphatic rings. The summed E-state index contributed by atoms with van der Waals surface area (Å²) >= 11 is 1.89. The zero-order valence-electron chi connectivity index (χ0n) is 17.2. The van der Waals surface area contributed by atoms with Crippen LogP contribution < -0.4 is 10.6 Å². The third-order valence-corrected chi connectivity index (χ3v) is 7.31. The number of nitrogens with one attached hydrogen (secondary N) is 2. The Morgan fingerprint density at radius 1 is 1.17 bits per heavy atom. The second kappa shape index (κ2) is 9.65. The summed E-state index contributed by atoms with van der Waals surface area (Å²) in [5, 5.41) is 15.7. The third kappa shape index (κ3) is 4.94. The molecule has 1 saturated carbocycles. The van der Waals surface area contributed by atoms with Gasteiger partial charge in [-0.1, -0.05) is 38.3 Å². The second-order valence-corrected chi connectivity index (χ2v) is 9.36. The molecular formula is C22H31N5OS. The molecule has 7 heteroatoms. The SMILES string of the molecule is CCC(NC(=O)Nc1ccccc1SC1CCCC1)c1nnc2n1CCCCC2. The van der Waals surface area contributed by atoms with E-state index in [1.165, 1.54) is 32.1 Å². The van der Waals surface area contributed by atoms with Crippen LogP contribution in [0.3, 0.4) is 0 Å². The van der Waals surface area contributed by atoms with Gasteiger partial charge >= 0.3 is 6.03 Å². The third-order valence-electron chi connectivity index (χ3n) is 5.89. The Labute approximate surface area is 177 Å². The minimum absolute atomic E-state index is 0.135. The fraction of sp³-hybridized carbons (Fsp3) is 0.591. The van der Waals surface area contributed by atoms with E-state index in [-0.39, 0.29) is 12.1 Å². The van der Waals surface area contributed by atoms with Gasteiger partial charge in [-0.15, -0.1) is 22.0 Å². The molecule has 0 bridgehead atoms. The topological polar surface area (TPSA) is 71.8 Å². The van der Waals surface area contributed by atoms with E-state index in [9.17, 15) is 4.79 Å². The van der Waals surface area contributed by atoms with E-state index >= 15 is 0 Å². The molecule has 0 radical (unpaired) electrons. The number of rotatable bonds is 6. The van der Waals surface area contributed by atoms with Gasteiger partial charge in [0.05, 0.1) is 11.7 Å². The lowest BCUT2D eigenvalue weighted by molar-refractivity contribution is 0.247. The molecule has 2 amide bonds. The normalized spacial score (nSPS) is 18.1. The summed E-state index contributed by atoms with van der Waals surface area (Å²) in [5.41, 5.74) is 0.886. The van der Waals surface area contributed by atoms with Crippen LogP contribution in [0.1, 0.15) is 76.0 Å². The van der Waals surface area contributed by atoms with Crippen LogP contribution in [0.4, 0.5) is 10.5 Å². The Morgan fingerprint density at radius 3 is 2.83 bits per heavy atom. The summed E-state index contributed by atoms with van der Waals surface area (Å²) < 4.78 is 2.21. The fourth-order valence-electron chi connectivity index (χ4n) is 4.29. The van der Waals surface area contributed by atoms with E-state index in [1.807, 2.05) is 30.0 Å². The number of hydrogen-bond acceptors (Lipinski definition) is 4. The quantitative estimate of drug-likeness (QED) is 0.673. The average Bonchev–Trinajstić information content (AvgIpc) is 3.32. The molecule has 0 spiro atoms. The van der Waals surface area contributed by atoms with Crippen LogP contribution in [0, 0.1) is 0 Å². The van der Waals surface area contributed by atoms with E-state index in [1.54, 1.807) is 0 Å². The Morgan fingerprint density at radius 2 is 2.00 bits per heavy atom. The number of para-hydroxylation sites is 1. The van der Waals surface area contributed by atoms with Gasteiger partial charge in [0, 0.05) is 23.1 Å². The van der Waals surface area contributed by atoms with Gasteiger partial charge in [0.25, 0.3) is 0 Å². The molecule has 4 rings (SSSR count). The molecule has 6 nitrogen and oxygen atoms in total. The number of anilines is 1. The van der Waals surface area contributed by atoms with Gasteiger partial charge in [-0.25, -0.2) is 4.79 Å². The van der Waals surface area contributed by atoms with Crippen molar-refractivity contribution in [3.05, 3.63) is 35.9 Å². The first-order chi connectivity index (χ1) is 14.2. The van der Waals surface area contributed by atoms with E-state index in [0.717, 1.165) is 54.5 Å². The molecule has 1 fully saturated rings. The Kier molecular flexibility index (Phi) is 6.74. The van der Waals surface area contributed by atoms with Crippen LogP contribution in [0.15, 0.2) is 29.2 Å². The molecule has 1 aliphatic heterocycles. The van der Waals surface area contributed by atoms with Crippen molar-refractivity contribution in [2.24, 2.45) is 0 Å². The average molecular weight is 414 g/mol. The molecule has 1 aromatic heterocycles. The summed E-state index contributed by atoms with van der Waals surface area (Å²) in [6, 6.07) is 7.80. The van der Waals surface area contributed by atoms with Crippen LogP contribution in [0.25, 0.3) is 0 Å². The van der Waals surface area contributed by atoms with Gasteiger partial charge in [-0.2, -0.15) is 0 Å². The summed E-state index contributed by atoms with van der Waals surface area (Å²) in [6.45, 7) is 3.02. The maximum Gasteiger partial charge on any atom is 0.319 e. The summed E-state index contributed by atoms with van der Waals surface area (Å²) in [5.74, 6) is 1.93. The largest absolute Gasteiger partial charge is 0.328 e. The van der Waals surface area contributed by atoms with Crippen LogP contribution in [-0.4, -0.2) is 26.0 Å². The summed E-state index contributed by atoms with van der Waals surface area (Å²) in [4.78, 5) is 14.0. The molecule has 1 aliphatic carbocycles. The van der Waals surface area contributed by atoms with E-state index < -0.39 is 0 Å². The van der Waals surface area contributed by atoms with E-state index in [0.29, 0.717) is 5.25 Å². The molecule has 1 atom stereocenters. The van der Waals surface area contributed by atoms with Crippen molar-refractivity contribution in [1.82, 2.24) is 20.1 Å².